The predicted octanol–water partition coefficient (Wildman–Crippen LogP) is 3.72. The van der Waals surface area contributed by atoms with E-state index in [0.29, 0.717) is 5.41 Å². The first-order chi connectivity index (χ1) is 9.41. The van der Waals surface area contributed by atoms with Gasteiger partial charge in [-0.3, -0.25) is 4.90 Å². The second-order valence-corrected chi connectivity index (χ2v) is 7.17. The third-order valence-corrected chi connectivity index (χ3v) is 5.47. The van der Waals surface area contributed by atoms with Crippen LogP contribution >= 0.6 is 0 Å². The van der Waals surface area contributed by atoms with Gasteiger partial charge >= 0.3 is 0 Å². The molecule has 1 unspecified atom stereocenters. The zero-order valence-corrected chi connectivity index (χ0v) is 13.6. The molecule has 112 valence electrons. The van der Waals surface area contributed by atoms with Crippen molar-refractivity contribution < 1.29 is 0 Å². The quantitative estimate of drug-likeness (QED) is 0.906. The van der Waals surface area contributed by atoms with E-state index in [-0.39, 0.29) is 5.54 Å². The second kappa shape index (κ2) is 5.87. The van der Waals surface area contributed by atoms with Gasteiger partial charge in [-0.15, -0.1) is 0 Å². The van der Waals surface area contributed by atoms with Gasteiger partial charge in [0.25, 0.3) is 0 Å². The molecule has 20 heavy (non-hydrogen) atoms. The number of aryl methyl sites for hydroxylation is 1. The number of nitrogens with two attached hydrogens (primary N) is 1. The first kappa shape index (κ1) is 15.5. The third-order valence-electron chi connectivity index (χ3n) is 5.47. The molecule has 1 aromatic rings. The lowest BCUT2D eigenvalue weighted by Gasteiger charge is -2.55. The van der Waals surface area contributed by atoms with E-state index in [1.54, 1.807) is 0 Å². The van der Waals surface area contributed by atoms with E-state index >= 15 is 0 Å². The van der Waals surface area contributed by atoms with Crippen LogP contribution in [-0.4, -0.2) is 24.0 Å². The summed E-state index contributed by atoms with van der Waals surface area (Å²) < 4.78 is 0. The highest BCUT2D eigenvalue weighted by atomic mass is 15.2. The molecule has 0 aromatic heterocycles. The number of rotatable bonds is 4. The van der Waals surface area contributed by atoms with Crippen molar-refractivity contribution in [2.75, 3.05) is 13.6 Å². The fourth-order valence-corrected chi connectivity index (χ4v) is 4.03. The van der Waals surface area contributed by atoms with Gasteiger partial charge in [-0.2, -0.15) is 0 Å². The van der Waals surface area contributed by atoms with Crippen molar-refractivity contribution in [2.24, 2.45) is 11.1 Å². The monoisotopic (exact) mass is 274 g/mol. The molecule has 2 rings (SSSR count). The van der Waals surface area contributed by atoms with Crippen molar-refractivity contribution in [3.63, 3.8) is 0 Å². The van der Waals surface area contributed by atoms with Crippen LogP contribution in [-0.2, 0) is 6.54 Å². The van der Waals surface area contributed by atoms with Crippen LogP contribution in [0.3, 0.4) is 0 Å². The molecule has 2 N–H and O–H groups in total. The van der Waals surface area contributed by atoms with Crippen LogP contribution in [0.5, 0.6) is 0 Å². The lowest BCUT2D eigenvalue weighted by Crippen LogP contribution is -2.62. The summed E-state index contributed by atoms with van der Waals surface area (Å²) in [5.74, 6) is 0. The van der Waals surface area contributed by atoms with E-state index < -0.39 is 0 Å². The van der Waals surface area contributed by atoms with Crippen molar-refractivity contribution in [1.82, 2.24) is 4.90 Å². The Hall–Kier alpha value is -0.860. The second-order valence-electron chi connectivity index (χ2n) is 7.17. The summed E-state index contributed by atoms with van der Waals surface area (Å²) in [6, 6.07) is 8.83. The Labute approximate surface area is 124 Å². The van der Waals surface area contributed by atoms with E-state index in [9.17, 15) is 0 Å². The molecule has 0 heterocycles. The summed E-state index contributed by atoms with van der Waals surface area (Å²) in [6.07, 6.45) is 5.15. The van der Waals surface area contributed by atoms with Crippen LogP contribution in [0.4, 0.5) is 0 Å². The van der Waals surface area contributed by atoms with Crippen molar-refractivity contribution in [2.45, 2.75) is 58.5 Å². The van der Waals surface area contributed by atoms with Crippen molar-refractivity contribution in [1.29, 1.82) is 0 Å². The summed E-state index contributed by atoms with van der Waals surface area (Å²) in [5, 5.41) is 0. The molecule has 0 spiro atoms. The average molecular weight is 274 g/mol. The van der Waals surface area contributed by atoms with E-state index in [2.05, 4.69) is 57.0 Å². The van der Waals surface area contributed by atoms with E-state index in [0.717, 1.165) is 13.1 Å². The highest BCUT2D eigenvalue weighted by molar-refractivity contribution is 5.22. The maximum Gasteiger partial charge on any atom is 0.0383 e. The molecule has 1 fully saturated rings. The van der Waals surface area contributed by atoms with Crippen LogP contribution in [0.25, 0.3) is 0 Å². The number of likely N-dealkylation sites (N-methyl/N-ethyl adjacent to an activating group) is 1. The van der Waals surface area contributed by atoms with Crippen molar-refractivity contribution in [3.05, 3.63) is 35.4 Å². The molecule has 2 heteroatoms. The minimum atomic E-state index is 0.134. The fraction of sp³-hybridized carbons (Fsp3) is 0.667. The first-order valence-electron chi connectivity index (χ1n) is 7.88. The number of nitrogens with zero attached hydrogens (tertiary/aromatic N) is 1. The summed E-state index contributed by atoms with van der Waals surface area (Å²) >= 11 is 0. The third kappa shape index (κ3) is 2.77. The Morgan fingerprint density at radius 2 is 1.90 bits per heavy atom. The average Bonchev–Trinajstić information content (AvgIpc) is 2.38. The lowest BCUT2D eigenvalue weighted by atomic mass is 9.62. The van der Waals surface area contributed by atoms with Crippen LogP contribution in [0.15, 0.2) is 24.3 Å². The molecule has 1 saturated carbocycles. The van der Waals surface area contributed by atoms with Crippen molar-refractivity contribution >= 4 is 0 Å². The largest absolute Gasteiger partial charge is 0.329 e. The maximum absolute atomic E-state index is 6.26. The van der Waals surface area contributed by atoms with Gasteiger partial charge in [0.2, 0.25) is 0 Å². The smallest absolute Gasteiger partial charge is 0.0383 e. The summed E-state index contributed by atoms with van der Waals surface area (Å²) in [6.45, 7) is 8.69. The van der Waals surface area contributed by atoms with Crippen molar-refractivity contribution in [3.8, 4) is 0 Å². The van der Waals surface area contributed by atoms with Crippen LogP contribution < -0.4 is 5.73 Å². The molecule has 2 nitrogen and oxygen atoms in total. The summed E-state index contributed by atoms with van der Waals surface area (Å²) in [7, 11) is 2.25. The van der Waals surface area contributed by atoms with Gasteiger partial charge in [-0.05, 0) is 37.8 Å². The summed E-state index contributed by atoms with van der Waals surface area (Å²) in [5.41, 5.74) is 9.41. The first-order valence-corrected chi connectivity index (χ1v) is 7.88. The van der Waals surface area contributed by atoms with Gasteiger partial charge < -0.3 is 5.73 Å². The summed E-state index contributed by atoms with van der Waals surface area (Å²) in [4.78, 5) is 2.51. The van der Waals surface area contributed by atoms with Crippen LogP contribution in [0.1, 0.15) is 50.7 Å². The Kier molecular flexibility index (Phi) is 4.55. The zero-order valence-electron chi connectivity index (χ0n) is 13.6. The number of benzene rings is 1. The van der Waals surface area contributed by atoms with Gasteiger partial charge in [0.05, 0.1) is 0 Å². The van der Waals surface area contributed by atoms with Crippen LogP contribution in [0.2, 0.25) is 0 Å². The van der Waals surface area contributed by atoms with Gasteiger partial charge in [0.15, 0.2) is 0 Å². The number of hydrogen-bond donors (Lipinski definition) is 1. The van der Waals surface area contributed by atoms with Crippen LogP contribution in [0, 0.1) is 12.3 Å². The lowest BCUT2D eigenvalue weighted by molar-refractivity contribution is -0.0334. The molecule has 1 aliphatic rings. The van der Waals surface area contributed by atoms with Gasteiger partial charge in [-0.25, -0.2) is 0 Å². The number of hydrogen-bond acceptors (Lipinski definition) is 2. The molecule has 0 saturated heterocycles. The van der Waals surface area contributed by atoms with E-state index in [1.165, 1.54) is 36.8 Å². The molecular formula is C18H30N2. The minimum absolute atomic E-state index is 0.134. The molecule has 1 aromatic carbocycles. The zero-order chi connectivity index (χ0) is 14.8. The molecule has 0 amide bonds. The fourth-order valence-electron chi connectivity index (χ4n) is 4.03. The Morgan fingerprint density at radius 1 is 1.20 bits per heavy atom. The Bertz CT molecular complexity index is 452. The highest BCUT2D eigenvalue weighted by Crippen LogP contribution is 2.46. The molecule has 1 atom stereocenters. The van der Waals surface area contributed by atoms with Gasteiger partial charge in [-0.1, -0.05) is 56.5 Å². The molecule has 0 bridgehead atoms. The Morgan fingerprint density at radius 3 is 2.50 bits per heavy atom. The highest BCUT2D eigenvalue weighted by Gasteiger charge is 2.48. The molecular weight excluding hydrogens is 244 g/mol. The maximum atomic E-state index is 6.26. The molecule has 0 radical (unpaired) electrons. The topological polar surface area (TPSA) is 29.3 Å². The van der Waals surface area contributed by atoms with Gasteiger partial charge in [0.1, 0.15) is 0 Å². The SMILES string of the molecule is Cc1cccc(CN(C)C2(CN)CCCCC2(C)C)c1. The van der Waals surface area contributed by atoms with Gasteiger partial charge in [0, 0.05) is 18.6 Å². The standard InChI is InChI=1S/C18H30N2/c1-15-8-7-9-16(12-15)13-20(4)18(14-19)11-6-5-10-17(18,2)3/h7-9,12H,5-6,10-11,13-14,19H2,1-4H3. The minimum Gasteiger partial charge on any atom is -0.329 e. The normalized spacial score (nSPS) is 25.9. The molecule has 0 aliphatic heterocycles. The van der Waals surface area contributed by atoms with E-state index in [1.807, 2.05) is 0 Å². The molecule has 1 aliphatic carbocycles. The Balaban J connectivity index is 2.22. The van der Waals surface area contributed by atoms with E-state index in [4.69, 9.17) is 5.73 Å². The predicted molar refractivity (Wildman–Crippen MR) is 86.7 cm³/mol.